The van der Waals surface area contributed by atoms with Crippen LogP contribution in [-0.2, 0) is 4.79 Å². The normalized spacial score (nSPS) is 17.2. The lowest BCUT2D eigenvalue weighted by Gasteiger charge is -2.35. The van der Waals surface area contributed by atoms with E-state index in [-0.39, 0.29) is 5.91 Å². The Balaban J connectivity index is 1.60. The van der Waals surface area contributed by atoms with E-state index in [1.54, 1.807) is 12.5 Å². The van der Waals surface area contributed by atoms with E-state index in [4.69, 9.17) is 0 Å². The average molecular weight is 345 g/mol. The summed E-state index contributed by atoms with van der Waals surface area (Å²) in [5.74, 6) is 0.529. The van der Waals surface area contributed by atoms with Crippen LogP contribution in [0.5, 0.6) is 0 Å². The van der Waals surface area contributed by atoms with Gasteiger partial charge in [0.25, 0.3) is 5.91 Å². The molecule has 26 heavy (non-hydrogen) atoms. The Labute approximate surface area is 148 Å². The highest BCUT2D eigenvalue weighted by atomic mass is 16.2. The second kappa shape index (κ2) is 5.35. The second-order valence-corrected chi connectivity index (χ2v) is 6.68. The standard InChI is InChI=1S/C18H15N7O/c1-10-7-11(14-20-9-21-25-14)3-4-12(10)13-8-19-15-16(22-13)24-18(5-2-6-18)17(26)23-15/h3-4,7-9H,2,5-6H2,1H3,(H,20,21,25). The predicted octanol–water partition coefficient (Wildman–Crippen LogP) is 0.939. The van der Waals surface area contributed by atoms with Crippen LogP contribution >= 0.6 is 0 Å². The minimum Gasteiger partial charge on any atom is -0.328 e. The van der Waals surface area contributed by atoms with E-state index in [1.807, 2.05) is 25.1 Å². The Morgan fingerprint density at radius 2 is 2.08 bits per heavy atom. The number of fused-ring (bicyclic) bond motifs is 1. The Morgan fingerprint density at radius 1 is 1.19 bits per heavy atom. The molecule has 1 fully saturated rings. The zero-order chi connectivity index (χ0) is 17.7. The summed E-state index contributed by atoms with van der Waals surface area (Å²) in [6.45, 7) is 2.01. The Bertz CT molecular complexity index is 1150. The number of rotatable bonds is 2. The maximum atomic E-state index is 12.2. The summed E-state index contributed by atoms with van der Waals surface area (Å²) in [4.78, 5) is 32.8. The first-order valence-electron chi connectivity index (χ1n) is 8.48. The van der Waals surface area contributed by atoms with Gasteiger partial charge in [0.05, 0.1) is 11.9 Å². The quantitative estimate of drug-likeness (QED) is 0.743. The van der Waals surface area contributed by atoms with Crippen LogP contribution < -0.4 is 11.0 Å². The van der Waals surface area contributed by atoms with Gasteiger partial charge in [0.1, 0.15) is 11.9 Å². The summed E-state index contributed by atoms with van der Waals surface area (Å²) in [7, 11) is 0. The number of aromatic nitrogens is 5. The number of carbonyl (C=O) groups excluding carboxylic acids is 1. The molecule has 8 heteroatoms. The van der Waals surface area contributed by atoms with Crippen molar-refractivity contribution in [1.29, 1.82) is 0 Å². The molecule has 0 unspecified atom stereocenters. The molecule has 1 amide bonds. The first kappa shape index (κ1) is 15.0. The van der Waals surface area contributed by atoms with Gasteiger partial charge >= 0.3 is 0 Å². The van der Waals surface area contributed by atoms with Gasteiger partial charge < -0.3 is 4.98 Å². The van der Waals surface area contributed by atoms with Gasteiger partial charge in [0.2, 0.25) is 5.49 Å². The molecule has 0 bridgehead atoms. The zero-order valence-electron chi connectivity index (χ0n) is 14.1. The summed E-state index contributed by atoms with van der Waals surface area (Å²) in [6.07, 6.45) is 5.67. The fraction of sp³-hybridized carbons (Fsp3) is 0.278. The maximum absolute atomic E-state index is 12.2. The molecule has 1 aliphatic heterocycles. The molecule has 1 N–H and O–H groups in total. The first-order chi connectivity index (χ1) is 12.6. The second-order valence-electron chi connectivity index (χ2n) is 6.68. The van der Waals surface area contributed by atoms with Crippen LogP contribution in [0.3, 0.4) is 0 Å². The van der Waals surface area contributed by atoms with Crippen LogP contribution in [0.4, 0.5) is 0 Å². The molecule has 2 aliphatic rings. The van der Waals surface area contributed by atoms with Gasteiger partial charge in [-0.25, -0.2) is 15.0 Å². The Hall–Kier alpha value is -3.29. The third-order valence-corrected chi connectivity index (χ3v) is 5.03. The summed E-state index contributed by atoms with van der Waals surface area (Å²) in [5.41, 5.74) is 3.74. The Kier molecular flexibility index (Phi) is 3.09. The number of nitrogens with zero attached hydrogens (tertiary/aromatic N) is 6. The van der Waals surface area contributed by atoms with E-state index >= 15 is 0 Å². The largest absolute Gasteiger partial charge is 0.328 e. The SMILES string of the molecule is Cc1cc(-c2nnc[nH]2)ccc1-c1cnc2c(n1)=NC1(CCC1)C(=O)N=2. The molecular formula is C18H15N7O. The molecule has 1 spiro atoms. The van der Waals surface area contributed by atoms with Gasteiger partial charge in [-0.1, -0.05) is 12.1 Å². The van der Waals surface area contributed by atoms with Crippen LogP contribution in [0.1, 0.15) is 24.8 Å². The van der Waals surface area contributed by atoms with Crippen molar-refractivity contribution in [2.45, 2.75) is 31.7 Å². The van der Waals surface area contributed by atoms with E-state index in [2.05, 4.69) is 35.1 Å². The molecular weight excluding hydrogens is 330 g/mol. The van der Waals surface area contributed by atoms with Crippen LogP contribution in [0.25, 0.3) is 22.6 Å². The molecule has 5 rings (SSSR count). The summed E-state index contributed by atoms with van der Waals surface area (Å²) >= 11 is 0. The number of aromatic amines is 1. The molecule has 2 aromatic heterocycles. The predicted molar refractivity (Wildman–Crippen MR) is 91.5 cm³/mol. The van der Waals surface area contributed by atoms with Gasteiger partial charge in [0.15, 0.2) is 11.3 Å². The van der Waals surface area contributed by atoms with E-state index in [0.29, 0.717) is 16.7 Å². The number of benzene rings is 1. The van der Waals surface area contributed by atoms with Crippen molar-refractivity contribution in [3.05, 3.63) is 47.3 Å². The van der Waals surface area contributed by atoms with Crippen LogP contribution in [0, 0.1) is 6.92 Å². The molecule has 1 saturated carbocycles. The van der Waals surface area contributed by atoms with E-state index in [9.17, 15) is 4.79 Å². The molecule has 0 atom stereocenters. The number of H-pyrrole nitrogens is 1. The third-order valence-electron chi connectivity index (χ3n) is 5.03. The van der Waals surface area contributed by atoms with Crippen molar-refractivity contribution in [3.63, 3.8) is 0 Å². The topological polar surface area (TPSA) is 109 Å². The highest BCUT2D eigenvalue weighted by Gasteiger charge is 2.45. The molecule has 1 aliphatic carbocycles. The first-order valence-corrected chi connectivity index (χ1v) is 8.48. The molecule has 8 nitrogen and oxygen atoms in total. The monoisotopic (exact) mass is 345 g/mol. The van der Waals surface area contributed by atoms with Gasteiger partial charge in [0, 0.05) is 11.1 Å². The van der Waals surface area contributed by atoms with E-state index in [1.165, 1.54) is 0 Å². The summed E-state index contributed by atoms with van der Waals surface area (Å²) < 4.78 is 0. The summed E-state index contributed by atoms with van der Waals surface area (Å²) in [5, 5.41) is 7.85. The van der Waals surface area contributed by atoms with Gasteiger partial charge in [-0.15, -0.1) is 10.2 Å². The van der Waals surface area contributed by atoms with Gasteiger partial charge in [-0.3, -0.25) is 4.79 Å². The molecule has 128 valence electrons. The number of hydrogen-bond donors (Lipinski definition) is 1. The van der Waals surface area contributed by atoms with Crippen molar-refractivity contribution in [2.75, 3.05) is 0 Å². The summed E-state index contributed by atoms with van der Waals surface area (Å²) in [6, 6.07) is 5.96. The number of hydrogen-bond acceptors (Lipinski definition) is 6. The fourth-order valence-corrected chi connectivity index (χ4v) is 3.39. The van der Waals surface area contributed by atoms with Crippen molar-refractivity contribution in [2.24, 2.45) is 9.98 Å². The number of nitrogens with one attached hydrogen (secondary N) is 1. The van der Waals surface area contributed by atoms with Gasteiger partial charge in [-0.05, 0) is 37.8 Å². The molecule has 1 aromatic carbocycles. The van der Waals surface area contributed by atoms with Crippen molar-refractivity contribution < 1.29 is 4.79 Å². The minimum atomic E-state index is -0.689. The highest BCUT2D eigenvalue weighted by Crippen LogP contribution is 2.36. The number of amides is 1. The smallest absolute Gasteiger partial charge is 0.275 e. The lowest BCUT2D eigenvalue weighted by Crippen LogP contribution is -2.52. The van der Waals surface area contributed by atoms with Crippen LogP contribution in [-0.4, -0.2) is 36.6 Å². The van der Waals surface area contributed by atoms with Crippen LogP contribution in [0.15, 0.2) is 40.7 Å². The fourth-order valence-electron chi connectivity index (χ4n) is 3.39. The molecule has 0 radical (unpaired) electrons. The molecule has 0 saturated heterocycles. The number of carbonyl (C=O) groups is 1. The lowest BCUT2D eigenvalue weighted by molar-refractivity contribution is -0.126. The average Bonchev–Trinajstić information content (AvgIpc) is 3.14. The highest BCUT2D eigenvalue weighted by molar-refractivity contribution is 5.88. The van der Waals surface area contributed by atoms with Crippen molar-refractivity contribution in [1.82, 2.24) is 25.1 Å². The van der Waals surface area contributed by atoms with E-state index in [0.717, 1.165) is 41.8 Å². The maximum Gasteiger partial charge on any atom is 0.275 e. The van der Waals surface area contributed by atoms with Crippen LogP contribution in [0.2, 0.25) is 0 Å². The van der Waals surface area contributed by atoms with Crippen molar-refractivity contribution in [3.8, 4) is 22.6 Å². The molecule has 3 aromatic rings. The third kappa shape index (κ3) is 2.18. The van der Waals surface area contributed by atoms with Crippen molar-refractivity contribution >= 4 is 5.91 Å². The number of aryl methyl sites for hydroxylation is 1. The Morgan fingerprint density at radius 3 is 2.77 bits per heavy atom. The molecule has 3 heterocycles. The lowest BCUT2D eigenvalue weighted by atomic mass is 9.76. The minimum absolute atomic E-state index is 0.189. The zero-order valence-corrected chi connectivity index (χ0v) is 14.1. The van der Waals surface area contributed by atoms with Gasteiger partial charge in [-0.2, -0.15) is 4.99 Å². The van der Waals surface area contributed by atoms with E-state index < -0.39 is 5.54 Å².